The average Bonchev–Trinajstić information content (AvgIpc) is 2.50. The first kappa shape index (κ1) is 18.0. The summed E-state index contributed by atoms with van der Waals surface area (Å²) in [5.74, 6) is 4.77. The Labute approximate surface area is 132 Å². The summed E-state index contributed by atoms with van der Waals surface area (Å²) < 4.78 is 0. The van der Waals surface area contributed by atoms with Crippen LogP contribution in [0.25, 0.3) is 0 Å². The summed E-state index contributed by atoms with van der Waals surface area (Å²) >= 11 is 1.85. The van der Waals surface area contributed by atoms with E-state index in [-0.39, 0.29) is 6.61 Å². The van der Waals surface area contributed by atoms with Crippen molar-refractivity contribution >= 4 is 23.4 Å². The van der Waals surface area contributed by atoms with Crippen LogP contribution in [0.2, 0.25) is 0 Å². The van der Waals surface area contributed by atoms with Gasteiger partial charge in [0.1, 0.15) is 17.5 Å². The van der Waals surface area contributed by atoms with Gasteiger partial charge in [0.25, 0.3) is 0 Å². The van der Waals surface area contributed by atoms with Crippen LogP contribution < -0.4 is 10.6 Å². The summed E-state index contributed by atoms with van der Waals surface area (Å²) in [5, 5.41) is 15.5. The fraction of sp³-hybridized carbons (Fsp3) is 0.733. The molecule has 0 saturated heterocycles. The van der Waals surface area contributed by atoms with E-state index in [1.54, 1.807) is 0 Å². The molecule has 0 aromatic carbocycles. The first-order valence-corrected chi connectivity index (χ1v) is 8.92. The van der Waals surface area contributed by atoms with E-state index in [1.807, 2.05) is 11.8 Å². The van der Waals surface area contributed by atoms with Crippen molar-refractivity contribution in [3.63, 3.8) is 0 Å². The molecule has 0 spiro atoms. The van der Waals surface area contributed by atoms with Gasteiger partial charge in [-0.15, -0.1) is 0 Å². The molecule has 3 N–H and O–H groups in total. The second-order valence-corrected chi connectivity index (χ2v) is 6.08. The first-order valence-electron chi connectivity index (χ1n) is 7.76. The number of aromatic nitrogens is 2. The van der Waals surface area contributed by atoms with Gasteiger partial charge >= 0.3 is 0 Å². The number of nitrogens with zero attached hydrogens (tertiary/aromatic N) is 2. The predicted octanol–water partition coefficient (Wildman–Crippen LogP) is 2.70. The molecule has 0 bridgehead atoms. The minimum Gasteiger partial charge on any atom is -0.396 e. The van der Waals surface area contributed by atoms with E-state index < -0.39 is 0 Å². The number of hydrogen-bond acceptors (Lipinski definition) is 6. The van der Waals surface area contributed by atoms with Gasteiger partial charge in [-0.05, 0) is 25.5 Å². The molecule has 0 aliphatic carbocycles. The zero-order chi connectivity index (χ0) is 15.5. The van der Waals surface area contributed by atoms with Crippen molar-refractivity contribution in [2.24, 2.45) is 0 Å². The van der Waals surface area contributed by atoms with E-state index in [4.69, 9.17) is 5.11 Å². The SMILES string of the molecule is CCCNc1nc(CC)nc(NCCSCCCO)c1C. The summed E-state index contributed by atoms with van der Waals surface area (Å²) in [6.45, 7) is 8.36. The van der Waals surface area contributed by atoms with Crippen molar-refractivity contribution < 1.29 is 5.11 Å². The molecule has 0 aliphatic rings. The number of aryl methyl sites for hydroxylation is 1. The van der Waals surface area contributed by atoms with Crippen molar-refractivity contribution in [2.75, 3.05) is 41.8 Å². The third-order valence-corrected chi connectivity index (χ3v) is 4.11. The highest BCUT2D eigenvalue weighted by Crippen LogP contribution is 2.20. The van der Waals surface area contributed by atoms with Gasteiger partial charge in [0.15, 0.2) is 0 Å². The van der Waals surface area contributed by atoms with Gasteiger partial charge in [0.05, 0.1) is 0 Å². The molecule has 1 heterocycles. The molecule has 6 heteroatoms. The van der Waals surface area contributed by atoms with E-state index >= 15 is 0 Å². The Morgan fingerprint density at radius 3 is 2.29 bits per heavy atom. The average molecular weight is 312 g/mol. The Morgan fingerprint density at radius 1 is 1.05 bits per heavy atom. The van der Waals surface area contributed by atoms with Crippen molar-refractivity contribution in [1.82, 2.24) is 9.97 Å². The van der Waals surface area contributed by atoms with Gasteiger partial charge in [-0.1, -0.05) is 13.8 Å². The zero-order valence-corrected chi connectivity index (χ0v) is 14.2. The molecule has 0 radical (unpaired) electrons. The van der Waals surface area contributed by atoms with Crippen molar-refractivity contribution in [1.29, 1.82) is 0 Å². The maximum Gasteiger partial charge on any atom is 0.134 e. The minimum atomic E-state index is 0.276. The molecule has 1 aromatic rings. The fourth-order valence-electron chi connectivity index (χ4n) is 1.82. The summed E-state index contributed by atoms with van der Waals surface area (Å²) in [6.07, 6.45) is 2.78. The van der Waals surface area contributed by atoms with Crippen LogP contribution in [0.1, 0.15) is 38.1 Å². The molecule has 21 heavy (non-hydrogen) atoms. The third-order valence-electron chi connectivity index (χ3n) is 3.04. The van der Waals surface area contributed by atoms with Gasteiger partial charge in [-0.25, -0.2) is 9.97 Å². The molecular formula is C15H28N4OS. The van der Waals surface area contributed by atoms with Gasteiger partial charge < -0.3 is 15.7 Å². The molecular weight excluding hydrogens is 284 g/mol. The lowest BCUT2D eigenvalue weighted by molar-refractivity contribution is 0.296. The van der Waals surface area contributed by atoms with Crippen molar-refractivity contribution in [3.8, 4) is 0 Å². The van der Waals surface area contributed by atoms with E-state index in [1.165, 1.54) is 0 Å². The van der Waals surface area contributed by atoms with E-state index in [9.17, 15) is 0 Å². The number of aliphatic hydroxyl groups excluding tert-OH is 1. The van der Waals surface area contributed by atoms with Crippen molar-refractivity contribution in [2.45, 2.75) is 40.0 Å². The molecule has 1 rings (SSSR count). The van der Waals surface area contributed by atoms with E-state index in [0.717, 1.165) is 66.9 Å². The lowest BCUT2D eigenvalue weighted by Crippen LogP contribution is -2.13. The molecule has 0 fully saturated rings. The highest BCUT2D eigenvalue weighted by atomic mass is 32.2. The number of hydrogen-bond donors (Lipinski definition) is 3. The molecule has 0 atom stereocenters. The molecule has 0 unspecified atom stereocenters. The van der Waals surface area contributed by atoms with Gasteiger partial charge in [0, 0.05) is 37.4 Å². The Morgan fingerprint density at radius 2 is 1.71 bits per heavy atom. The van der Waals surface area contributed by atoms with Crippen LogP contribution in [-0.2, 0) is 6.42 Å². The lowest BCUT2D eigenvalue weighted by atomic mass is 10.2. The molecule has 5 nitrogen and oxygen atoms in total. The van der Waals surface area contributed by atoms with Crippen LogP contribution >= 0.6 is 11.8 Å². The van der Waals surface area contributed by atoms with Gasteiger partial charge in [-0.2, -0.15) is 11.8 Å². The van der Waals surface area contributed by atoms with Crippen molar-refractivity contribution in [3.05, 3.63) is 11.4 Å². The normalized spacial score (nSPS) is 10.7. The summed E-state index contributed by atoms with van der Waals surface area (Å²) in [7, 11) is 0. The van der Waals surface area contributed by atoms with Crippen LogP contribution in [0.4, 0.5) is 11.6 Å². The Hall–Kier alpha value is -1.01. The number of nitrogens with one attached hydrogen (secondary N) is 2. The van der Waals surface area contributed by atoms with Crippen LogP contribution in [0.3, 0.4) is 0 Å². The zero-order valence-electron chi connectivity index (χ0n) is 13.4. The van der Waals surface area contributed by atoms with Gasteiger partial charge in [0.2, 0.25) is 0 Å². The smallest absolute Gasteiger partial charge is 0.134 e. The van der Waals surface area contributed by atoms with E-state index in [2.05, 4.69) is 41.4 Å². The molecule has 0 amide bonds. The summed E-state index contributed by atoms with van der Waals surface area (Å²) in [6, 6.07) is 0. The first-order chi connectivity index (χ1) is 10.2. The molecule has 0 saturated carbocycles. The molecule has 120 valence electrons. The number of rotatable bonds is 11. The van der Waals surface area contributed by atoms with Crippen LogP contribution in [0, 0.1) is 6.92 Å². The number of anilines is 2. The molecule has 1 aromatic heterocycles. The Balaban J connectivity index is 2.58. The van der Waals surface area contributed by atoms with Crippen LogP contribution in [0.15, 0.2) is 0 Å². The Bertz CT molecular complexity index is 415. The number of aliphatic hydroxyl groups is 1. The summed E-state index contributed by atoms with van der Waals surface area (Å²) in [4.78, 5) is 9.14. The predicted molar refractivity (Wildman–Crippen MR) is 92.4 cm³/mol. The second-order valence-electron chi connectivity index (χ2n) is 4.86. The highest BCUT2D eigenvalue weighted by molar-refractivity contribution is 7.99. The van der Waals surface area contributed by atoms with Gasteiger partial charge in [-0.3, -0.25) is 0 Å². The van der Waals surface area contributed by atoms with Crippen LogP contribution in [-0.4, -0.2) is 46.3 Å². The number of thioether (sulfide) groups is 1. The lowest BCUT2D eigenvalue weighted by Gasteiger charge is -2.14. The maximum absolute atomic E-state index is 8.74. The van der Waals surface area contributed by atoms with E-state index in [0.29, 0.717) is 0 Å². The quantitative estimate of drug-likeness (QED) is 0.546. The second kappa shape index (κ2) is 10.7. The minimum absolute atomic E-state index is 0.276. The highest BCUT2D eigenvalue weighted by Gasteiger charge is 2.09. The monoisotopic (exact) mass is 312 g/mol. The standard InChI is InChI=1S/C15H28N4OS/c1-4-7-16-14-12(3)15(19-13(5-2)18-14)17-8-11-21-10-6-9-20/h20H,4-11H2,1-3H3,(H2,16,17,18,19). The van der Waals surface area contributed by atoms with Crippen LogP contribution in [0.5, 0.6) is 0 Å². The maximum atomic E-state index is 8.74. The third kappa shape index (κ3) is 6.52. The Kier molecular flexibility index (Phi) is 9.17. The molecule has 0 aliphatic heterocycles. The fourth-order valence-corrected chi connectivity index (χ4v) is 2.60. The largest absolute Gasteiger partial charge is 0.396 e. The topological polar surface area (TPSA) is 70.1 Å². The summed E-state index contributed by atoms with van der Waals surface area (Å²) in [5.41, 5.74) is 1.08.